The van der Waals surface area contributed by atoms with Gasteiger partial charge in [-0.25, -0.2) is 0 Å². The summed E-state index contributed by atoms with van der Waals surface area (Å²) in [5.41, 5.74) is 1.39. The number of benzene rings is 2. The van der Waals surface area contributed by atoms with Gasteiger partial charge in [-0.3, -0.25) is 0 Å². The topological polar surface area (TPSA) is 49.7 Å². The fraction of sp³-hybridized carbons (Fsp3) is 0.368. The van der Waals surface area contributed by atoms with E-state index in [0.29, 0.717) is 11.3 Å². The standard InChI is InChI=1S/C19H17F3O3/c20-19(21,22)11-7-14-15-9-13(24)5-6-17(15)25-18(16(14)8-11)10-1-3-12(23)4-2-10/h1-6,9,11,14,16,18,23-24H,7-8H2/t11-,14-,16+,18-/m1/s1. The Morgan fingerprint density at radius 1 is 0.920 bits per heavy atom. The summed E-state index contributed by atoms with van der Waals surface area (Å²) in [6, 6.07) is 11.0. The van der Waals surface area contributed by atoms with Crippen molar-refractivity contribution in [2.45, 2.75) is 31.0 Å². The van der Waals surface area contributed by atoms with Crippen LogP contribution in [0.2, 0.25) is 0 Å². The molecular weight excluding hydrogens is 333 g/mol. The maximum Gasteiger partial charge on any atom is 0.391 e. The van der Waals surface area contributed by atoms with Crippen molar-refractivity contribution in [1.29, 1.82) is 0 Å². The Morgan fingerprint density at radius 2 is 1.60 bits per heavy atom. The van der Waals surface area contributed by atoms with Crippen molar-refractivity contribution in [2.75, 3.05) is 0 Å². The molecule has 4 atom stereocenters. The molecule has 0 unspecified atom stereocenters. The molecule has 0 bridgehead atoms. The van der Waals surface area contributed by atoms with Gasteiger partial charge in [-0.1, -0.05) is 12.1 Å². The second kappa shape index (κ2) is 5.58. The lowest BCUT2D eigenvalue weighted by molar-refractivity contribution is -0.173. The Balaban J connectivity index is 1.77. The molecule has 3 nitrogen and oxygen atoms in total. The number of ether oxygens (including phenoxy) is 1. The number of hydrogen-bond donors (Lipinski definition) is 2. The quantitative estimate of drug-likeness (QED) is 0.769. The predicted octanol–water partition coefficient (Wildman–Crippen LogP) is 4.90. The van der Waals surface area contributed by atoms with Crippen LogP contribution in [0.15, 0.2) is 42.5 Å². The average Bonchev–Trinajstić information content (AvgIpc) is 3.01. The average molecular weight is 350 g/mol. The maximum atomic E-state index is 13.3. The van der Waals surface area contributed by atoms with Crippen molar-refractivity contribution in [3.63, 3.8) is 0 Å². The Hall–Kier alpha value is -2.37. The molecule has 0 spiro atoms. The smallest absolute Gasteiger partial charge is 0.391 e. The minimum atomic E-state index is -4.24. The van der Waals surface area contributed by atoms with E-state index in [1.54, 1.807) is 18.2 Å². The van der Waals surface area contributed by atoms with Gasteiger partial charge >= 0.3 is 6.18 Å². The van der Waals surface area contributed by atoms with Crippen LogP contribution in [0.5, 0.6) is 17.2 Å². The normalized spacial score (nSPS) is 28.1. The van der Waals surface area contributed by atoms with Crippen LogP contribution < -0.4 is 4.74 Å². The summed E-state index contributed by atoms with van der Waals surface area (Å²) in [5, 5.41) is 19.2. The van der Waals surface area contributed by atoms with E-state index in [-0.39, 0.29) is 36.2 Å². The molecule has 6 heteroatoms. The van der Waals surface area contributed by atoms with E-state index in [9.17, 15) is 23.4 Å². The van der Waals surface area contributed by atoms with Gasteiger partial charge in [0.2, 0.25) is 0 Å². The first-order valence-electron chi connectivity index (χ1n) is 8.18. The van der Waals surface area contributed by atoms with Gasteiger partial charge in [-0.15, -0.1) is 0 Å². The minimum absolute atomic E-state index is 0.00254. The molecule has 1 saturated carbocycles. The van der Waals surface area contributed by atoms with Crippen LogP contribution in [-0.2, 0) is 0 Å². The lowest BCUT2D eigenvalue weighted by Gasteiger charge is -2.36. The first kappa shape index (κ1) is 16.1. The number of fused-ring (bicyclic) bond motifs is 3. The van der Waals surface area contributed by atoms with Crippen LogP contribution in [0.3, 0.4) is 0 Å². The summed E-state index contributed by atoms with van der Waals surface area (Å²) in [5.74, 6) is -1.38. The Kier molecular flexibility index (Phi) is 3.60. The second-order valence-corrected chi connectivity index (χ2v) is 6.83. The SMILES string of the molecule is Oc1ccc([C@H]2Oc3ccc(O)cc3[C@H]3C[C@@H](C(F)(F)F)C[C@@H]32)cc1. The fourth-order valence-electron chi connectivity index (χ4n) is 4.17. The van der Waals surface area contributed by atoms with Crippen LogP contribution >= 0.6 is 0 Å². The third-order valence-electron chi connectivity index (χ3n) is 5.33. The minimum Gasteiger partial charge on any atom is -0.508 e. The predicted molar refractivity (Wildman–Crippen MR) is 84.6 cm³/mol. The van der Waals surface area contributed by atoms with Gasteiger partial charge in [0.05, 0.1) is 5.92 Å². The van der Waals surface area contributed by atoms with Crippen molar-refractivity contribution < 1.29 is 28.1 Å². The Labute approximate surface area is 142 Å². The maximum absolute atomic E-state index is 13.3. The van der Waals surface area contributed by atoms with Crippen LogP contribution in [0.25, 0.3) is 0 Å². The number of phenols is 2. The highest BCUT2D eigenvalue weighted by atomic mass is 19.4. The zero-order valence-corrected chi connectivity index (χ0v) is 13.2. The molecule has 2 N–H and O–H groups in total. The Bertz CT molecular complexity index is 785. The van der Waals surface area contributed by atoms with Crippen molar-refractivity contribution in [2.24, 2.45) is 11.8 Å². The monoisotopic (exact) mass is 350 g/mol. The number of hydrogen-bond acceptors (Lipinski definition) is 3. The van der Waals surface area contributed by atoms with E-state index in [4.69, 9.17) is 4.74 Å². The highest BCUT2D eigenvalue weighted by molar-refractivity contribution is 5.46. The molecule has 1 aliphatic carbocycles. The van der Waals surface area contributed by atoms with Crippen molar-refractivity contribution in [3.05, 3.63) is 53.6 Å². The summed E-state index contributed by atoms with van der Waals surface area (Å²) in [4.78, 5) is 0. The van der Waals surface area contributed by atoms with Crippen molar-refractivity contribution in [3.8, 4) is 17.2 Å². The molecule has 2 aliphatic rings. The van der Waals surface area contributed by atoms with Crippen molar-refractivity contribution >= 4 is 0 Å². The largest absolute Gasteiger partial charge is 0.508 e. The molecule has 2 aromatic carbocycles. The third-order valence-corrected chi connectivity index (χ3v) is 5.33. The molecule has 1 heterocycles. The van der Waals surface area contributed by atoms with Crippen LogP contribution in [0, 0.1) is 11.8 Å². The molecule has 2 aromatic rings. The summed E-state index contributed by atoms with van der Waals surface area (Å²) < 4.78 is 46.0. The lowest BCUT2D eigenvalue weighted by Crippen LogP contribution is -2.27. The molecule has 0 radical (unpaired) electrons. The van der Waals surface area contributed by atoms with E-state index in [1.165, 1.54) is 24.3 Å². The zero-order chi connectivity index (χ0) is 17.8. The Morgan fingerprint density at radius 3 is 2.28 bits per heavy atom. The van der Waals surface area contributed by atoms with Crippen LogP contribution in [0.4, 0.5) is 13.2 Å². The van der Waals surface area contributed by atoms with E-state index < -0.39 is 18.2 Å². The van der Waals surface area contributed by atoms with Gasteiger partial charge in [0, 0.05) is 11.5 Å². The van der Waals surface area contributed by atoms with Gasteiger partial charge in [0.15, 0.2) is 0 Å². The molecule has 1 aliphatic heterocycles. The van der Waals surface area contributed by atoms with Gasteiger partial charge in [0.25, 0.3) is 0 Å². The number of halogens is 3. The first-order chi connectivity index (χ1) is 11.8. The molecule has 1 fully saturated rings. The molecule has 0 amide bonds. The van der Waals surface area contributed by atoms with Crippen LogP contribution in [-0.4, -0.2) is 16.4 Å². The third kappa shape index (κ3) is 2.79. The van der Waals surface area contributed by atoms with Gasteiger partial charge in [-0.2, -0.15) is 13.2 Å². The number of rotatable bonds is 1. The van der Waals surface area contributed by atoms with Gasteiger partial charge < -0.3 is 14.9 Å². The molecule has 4 rings (SSSR count). The van der Waals surface area contributed by atoms with Gasteiger partial charge in [0.1, 0.15) is 23.4 Å². The van der Waals surface area contributed by atoms with Crippen molar-refractivity contribution in [1.82, 2.24) is 0 Å². The number of alkyl halides is 3. The van der Waals surface area contributed by atoms with E-state index in [0.717, 1.165) is 5.56 Å². The summed E-state index contributed by atoms with van der Waals surface area (Å²) in [6.45, 7) is 0. The summed E-state index contributed by atoms with van der Waals surface area (Å²) in [7, 11) is 0. The summed E-state index contributed by atoms with van der Waals surface area (Å²) >= 11 is 0. The van der Waals surface area contributed by atoms with E-state index in [2.05, 4.69) is 0 Å². The molecular formula is C19H17F3O3. The molecule has 25 heavy (non-hydrogen) atoms. The summed E-state index contributed by atoms with van der Waals surface area (Å²) in [6.07, 6.45) is -4.75. The van der Waals surface area contributed by atoms with E-state index >= 15 is 0 Å². The first-order valence-corrected chi connectivity index (χ1v) is 8.18. The number of phenolic OH excluding ortho intramolecular Hbond substituents is 2. The molecule has 0 saturated heterocycles. The highest BCUT2D eigenvalue weighted by Crippen LogP contribution is 2.58. The lowest BCUT2D eigenvalue weighted by atomic mass is 9.80. The highest BCUT2D eigenvalue weighted by Gasteiger charge is 2.53. The zero-order valence-electron chi connectivity index (χ0n) is 13.2. The van der Waals surface area contributed by atoms with E-state index in [1.807, 2.05) is 0 Å². The fourth-order valence-corrected chi connectivity index (χ4v) is 4.17. The molecule has 132 valence electrons. The second-order valence-electron chi connectivity index (χ2n) is 6.83. The number of aromatic hydroxyl groups is 2. The van der Waals surface area contributed by atoms with Gasteiger partial charge in [-0.05, 0) is 54.7 Å². The molecule has 0 aromatic heterocycles. The van der Waals surface area contributed by atoms with Crippen LogP contribution in [0.1, 0.15) is 36.0 Å².